The van der Waals surface area contributed by atoms with Crippen LogP contribution in [-0.2, 0) is 4.79 Å². The van der Waals surface area contributed by atoms with E-state index in [0.29, 0.717) is 6.61 Å². The number of primary amides is 1. The molecule has 0 fully saturated rings. The van der Waals surface area contributed by atoms with Crippen molar-refractivity contribution in [1.82, 2.24) is 5.32 Å². The predicted molar refractivity (Wildman–Crippen MR) is 81.9 cm³/mol. The molecule has 0 saturated carbocycles. The first kappa shape index (κ1) is 16.5. The van der Waals surface area contributed by atoms with E-state index in [1.807, 2.05) is 26.0 Å². The van der Waals surface area contributed by atoms with Gasteiger partial charge in [0.1, 0.15) is 5.75 Å². The number of nitrogens with one attached hydrogen (secondary N) is 1. The van der Waals surface area contributed by atoms with E-state index in [4.69, 9.17) is 10.5 Å². The Hall–Kier alpha value is -1.55. The highest BCUT2D eigenvalue weighted by Crippen LogP contribution is 2.19. The zero-order valence-corrected chi connectivity index (χ0v) is 13.0. The Morgan fingerprint density at radius 3 is 2.60 bits per heavy atom. The van der Waals surface area contributed by atoms with Crippen molar-refractivity contribution in [3.05, 3.63) is 29.3 Å². The number of unbranched alkanes of at least 4 members (excludes halogenated alkanes) is 1. The zero-order valence-electron chi connectivity index (χ0n) is 13.0. The number of likely N-dealkylation sites (N-methyl/N-ethyl adjacent to an activating group) is 1. The Labute approximate surface area is 121 Å². The average Bonchev–Trinajstić information content (AvgIpc) is 2.40. The lowest BCUT2D eigenvalue weighted by molar-refractivity contribution is -0.123. The number of rotatable bonds is 8. The molecule has 0 aliphatic carbocycles. The molecular formula is C16H26N2O2. The van der Waals surface area contributed by atoms with Crippen molar-refractivity contribution in [3.8, 4) is 5.75 Å². The zero-order chi connectivity index (χ0) is 15.2. The summed E-state index contributed by atoms with van der Waals surface area (Å²) in [5, 5.41) is 2.99. The van der Waals surface area contributed by atoms with Crippen LogP contribution in [0.25, 0.3) is 0 Å². The minimum absolute atomic E-state index is 0.310. The molecule has 0 bridgehead atoms. The molecule has 4 heteroatoms. The lowest BCUT2D eigenvalue weighted by Gasteiger charge is -2.25. The Balaban J connectivity index is 2.33. The van der Waals surface area contributed by atoms with Gasteiger partial charge in [0.2, 0.25) is 5.91 Å². The highest BCUT2D eigenvalue weighted by Gasteiger charge is 2.27. The molecule has 0 radical (unpaired) electrons. The minimum atomic E-state index is -0.625. The summed E-state index contributed by atoms with van der Waals surface area (Å²) in [6.07, 6.45) is 2.51. The van der Waals surface area contributed by atoms with Gasteiger partial charge in [-0.1, -0.05) is 17.7 Å². The highest BCUT2D eigenvalue weighted by molar-refractivity contribution is 5.84. The van der Waals surface area contributed by atoms with Crippen LogP contribution in [-0.4, -0.2) is 25.1 Å². The maximum atomic E-state index is 11.3. The third kappa shape index (κ3) is 4.53. The summed E-state index contributed by atoms with van der Waals surface area (Å²) in [5.74, 6) is 0.622. The number of carbonyl (C=O) groups excluding carboxylic acids is 1. The first-order chi connectivity index (χ1) is 9.39. The first-order valence-electron chi connectivity index (χ1n) is 7.08. The molecule has 0 aliphatic rings. The lowest BCUT2D eigenvalue weighted by Crippen LogP contribution is -2.51. The molecular weight excluding hydrogens is 252 g/mol. The van der Waals surface area contributed by atoms with Crippen molar-refractivity contribution in [3.63, 3.8) is 0 Å². The van der Waals surface area contributed by atoms with Gasteiger partial charge in [0.15, 0.2) is 0 Å². The van der Waals surface area contributed by atoms with Gasteiger partial charge in [-0.3, -0.25) is 4.79 Å². The summed E-state index contributed by atoms with van der Waals surface area (Å²) < 4.78 is 5.76. The fourth-order valence-electron chi connectivity index (χ4n) is 2.10. The largest absolute Gasteiger partial charge is 0.493 e. The van der Waals surface area contributed by atoms with Gasteiger partial charge in [-0.05, 0) is 58.7 Å². The fraction of sp³-hybridized carbons (Fsp3) is 0.562. The predicted octanol–water partition coefficient (Wildman–Crippen LogP) is 2.32. The summed E-state index contributed by atoms with van der Waals surface area (Å²) in [5.41, 5.74) is 7.16. The van der Waals surface area contributed by atoms with Gasteiger partial charge in [-0.15, -0.1) is 0 Å². The molecule has 0 aromatic heterocycles. The normalized spacial score (nSPS) is 13.8. The summed E-state index contributed by atoms with van der Waals surface area (Å²) >= 11 is 0. The summed E-state index contributed by atoms with van der Waals surface area (Å²) in [7, 11) is 1.76. The summed E-state index contributed by atoms with van der Waals surface area (Å²) in [4.78, 5) is 11.3. The van der Waals surface area contributed by atoms with Crippen LogP contribution < -0.4 is 15.8 Å². The molecule has 1 rings (SSSR count). The number of ether oxygens (including phenoxy) is 1. The maximum absolute atomic E-state index is 11.3. The van der Waals surface area contributed by atoms with Gasteiger partial charge in [-0.25, -0.2) is 0 Å². The van der Waals surface area contributed by atoms with E-state index in [9.17, 15) is 4.79 Å². The van der Waals surface area contributed by atoms with E-state index in [0.717, 1.165) is 30.6 Å². The third-order valence-electron chi connectivity index (χ3n) is 3.75. The number of hydrogen-bond acceptors (Lipinski definition) is 3. The van der Waals surface area contributed by atoms with Crippen LogP contribution >= 0.6 is 0 Å². The number of carbonyl (C=O) groups is 1. The Bertz CT molecular complexity index is 460. The van der Waals surface area contributed by atoms with Crippen LogP contribution in [0.4, 0.5) is 0 Å². The molecule has 20 heavy (non-hydrogen) atoms. The number of amides is 1. The molecule has 3 N–H and O–H groups in total. The van der Waals surface area contributed by atoms with E-state index in [-0.39, 0.29) is 5.91 Å². The van der Waals surface area contributed by atoms with Crippen molar-refractivity contribution < 1.29 is 9.53 Å². The number of nitrogens with two attached hydrogens (primary N) is 1. The van der Waals surface area contributed by atoms with Crippen molar-refractivity contribution in [2.75, 3.05) is 13.7 Å². The molecule has 1 aromatic rings. The second-order valence-corrected chi connectivity index (χ2v) is 5.52. The number of hydrogen-bond donors (Lipinski definition) is 2. The Kier molecular flexibility index (Phi) is 6.02. The van der Waals surface area contributed by atoms with E-state index < -0.39 is 5.54 Å². The molecule has 112 valence electrons. The molecule has 0 saturated heterocycles. The molecule has 1 atom stereocenters. The van der Waals surface area contributed by atoms with E-state index in [1.165, 1.54) is 5.56 Å². The Morgan fingerprint density at radius 1 is 1.35 bits per heavy atom. The van der Waals surface area contributed by atoms with E-state index >= 15 is 0 Å². The fourth-order valence-corrected chi connectivity index (χ4v) is 2.10. The second-order valence-electron chi connectivity index (χ2n) is 5.52. The van der Waals surface area contributed by atoms with Crippen molar-refractivity contribution in [1.29, 1.82) is 0 Å². The van der Waals surface area contributed by atoms with Crippen molar-refractivity contribution in [2.45, 2.75) is 45.6 Å². The second kappa shape index (κ2) is 7.29. The van der Waals surface area contributed by atoms with Crippen LogP contribution in [0.1, 0.15) is 37.3 Å². The smallest absolute Gasteiger partial charge is 0.237 e. The van der Waals surface area contributed by atoms with Gasteiger partial charge in [-0.2, -0.15) is 0 Å². The molecule has 1 unspecified atom stereocenters. The minimum Gasteiger partial charge on any atom is -0.493 e. The summed E-state index contributed by atoms with van der Waals surface area (Å²) in [6, 6.07) is 6.17. The van der Waals surface area contributed by atoms with Gasteiger partial charge >= 0.3 is 0 Å². The number of aryl methyl sites for hydroxylation is 2. The van der Waals surface area contributed by atoms with E-state index in [1.54, 1.807) is 7.05 Å². The van der Waals surface area contributed by atoms with Crippen LogP contribution in [0.15, 0.2) is 18.2 Å². The maximum Gasteiger partial charge on any atom is 0.237 e. The van der Waals surface area contributed by atoms with Crippen molar-refractivity contribution >= 4 is 5.91 Å². The van der Waals surface area contributed by atoms with Crippen LogP contribution in [0.2, 0.25) is 0 Å². The molecule has 0 spiro atoms. The van der Waals surface area contributed by atoms with Crippen LogP contribution in [0.5, 0.6) is 5.75 Å². The lowest BCUT2D eigenvalue weighted by atomic mass is 9.94. The van der Waals surface area contributed by atoms with Gasteiger partial charge in [0, 0.05) is 0 Å². The molecule has 0 aliphatic heterocycles. The SMILES string of the molecule is CNC(C)(CCCCOc1ccc(C)cc1C)C(N)=O. The Morgan fingerprint density at radius 2 is 2.05 bits per heavy atom. The number of benzene rings is 1. The van der Waals surface area contributed by atoms with Gasteiger partial charge < -0.3 is 15.8 Å². The summed E-state index contributed by atoms with van der Waals surface area (Å²) in [6.45, 7) is 6.61. The van der Waals surface area contributed by atoms with Crippen LogP contribution in [0.3, 0.4) is 0 Å². The van der Waals surface area contributed by atoms with Gasteiger partial charge in [0.25, 0.3) is 0 Å². The van der Waals surface area contributed by atoms with Crippen molar-refractivity contribution in [2.24, 2.45) is 5.73 Å². The highest BCUT2D eigenvalue weighted by atomic mass is 16.5. The standard InChI is InChI=1S/C16H26N2O2/c1-12-7-8-14(13(2)11-12)20-10-6-5-9-16(3,18-4)15(17)19/h7-8,11,18H,5-6,9-10H2,1-4H3,(H2,17,19). The quantitative estimate of drug-likeness (QED) is 0.717. The van der Waals surface area contributed by atoms with E-state index in [2.05, 4.69) is 18.3 Å². The molecule has 1 amide bonds. The monoisotopic (exact) mass is 278 g/mol. The van der Waals surface area contributed by atoms with Crippen LogP contribution in [0, 0.1) is 13.8 Å². The topological polar surface area (TPSA) is 64.3 Å². The average molecular weight is 278 g/mol. The van der Waals surface area contributed by atoms with Gasteiger partial charge in [0.05, 0.1) is 12.1 Å². The molecule has 4 nitrogen and oxygen atoms in total. The molecule has 0 heterocycles. The third-order valence-corrected chi connectivity index (χ3v) is 3.75. The molecule has 1 aromatic carbocycles. The first-order valence-corrected chi connectivity index (χ1v) is 7.08.